The molecule has 0 amide bonds. The minimum absolute atomic E-state index is 0.360. The first-order valence-electron chi connectivity index (χ1n) is 6.02. The summed E-state index contributed by atoms with van der Waals surface area (Å²) in [6.45, 7) is 0.860. The Bertz CT molecular complexity index is 421. The van der Waals surface area contributed by atoms with Crippen molar-refractivity contribution in [2.45, 2.75) is 12.1 Å². The smallest absolute Gasteiger partial charge is 0.0528 e. The monoisotopic (exact) mass is 224 g/mol. The van der Waals surface area contributed by atoms with Crippen LogP contribution in [0.5, 0.6) is 0 Å². The van der Waals surface area contributed by atoms with Gasteiger partial charge in [0.15, 0.2) is 0 Å². The summed E-state index contributed by atoms with van der Waals surface area (Å²) in [7, 11) is 0. The van der Waals surface area contributed by atoms with Gasteiger partial charge in [-0.25, -0.2) is 0 Å². The highest BCUT2D eigenvalue weighted by atomic mass is 15.2. The van der Waals surface area contributed by atoms with E-state index < -0.39 is 0 Å². The van der Waals surface area contributed by atoms with Crippen LogP contribution in [0.3, 0.4) is 0 Å². The Morgan fingerprint density at radius 3 is 1.47 bits per heavy atom. The van der Waals surface area contributed by atoms with E-state index in [4.69, 9.17) is 0 Å². The highest BCUT2D eigenvalue weighted by Gasteiger charge is 2.28. The minimum Gasteiger partial charge on any atom is -0.296 e. The van der Waals surface area contributed by atoms with Gasteiger partial charge in [0.25, 0.3) is 0 Å². The molecule has 1 saturated heterocycles. The lowest BCUT2D eigenvalue weighted by atomic mass is 9.95. The van der Waals surface area contributed by atoms with Gasteiger partial charge in [0, 0.05) is 6.67 Å². The molecule has 0 saturated carbocycles. The first-order valence-corrected chi connectivity index (χ1v) is 6.02. The standard InChI is InChI=1S/C15H16N2/c1-3-7-12(8-4-1)14-15(17-11-16-14)13-9-5-2-6-10-13/h1-10,14-17H,11H2/t14-,15-/m0/s1. The zero-order valence-electron chi connectivity index (χ0n) is 9.64. The Labute approximate surface area is 102 Å². The van der Waals surface area contributed by atoms with Gasteiger partial charge in [0.2, 0.25) is 0 Å². The van der Waals surface area contributed by atoms with Crippen LogP contribution >= 0.6 is 0 Å². The quantitative estimate of drug-likeness (QED) is 0.819. The second-order valence-electron chi connectivity index (χ2n) is 4.36. The fraction of sp³-hybridized carbons (Fsp3) is 0.200. The van der Waals surface area contributed by atoms with Crippen molar-refractivity contribution in [3.8, 4) is 0 Å². The van der Waals surface area contributed by atoms with Gasteiger partial charge >= 0.3 is 0 Å². The molecule has 0 spiro atoms. The topological polar surface area (TPSA) is 24.1 Å². The van der Waals surface area contributed by atoms with E-state index in [9.17, 15) is 0 Å². The third kappa shape index (κ3) is 2.09. The molecule has 17 heavy (non-hydrogen) atoms. The fourth-order valence-corrected chi connectivity index (χ4v) is 2.46. The van der Waals surface area contributed by atoms with Crippen molar-refractivity contribution in [2.24, 2.45) is 0 Å². The Kier molecular flexibility index (Phi) is 2.90. The molecule has 2 heteroatoms. The average Bonchev–Trinajstić information content (AvgIpc) is 2.90. The maximum Gasteiger partial charge on any atom is 0.0528 e. The van der Waals surface area contributed by atoms with Gasteiger partial charge in [-0.2, -0.15) is 0 Å². The minimum atomic E-state index is 0.360. The largest absolute Gasteiger partial charge is 0.296 e. The van der Waals surface area contributed by atoms with Crippen molar-refractivity contribution >= 4 is 0 Å². The van der Waals surface area contributed by atoms with Gasteiger partial charge in [-0.15, -0.1) is 0 Å². The fourth-order valence-electron chi connectivity index (χ4n) is 2.46. The van der Waals surface area contributed by atoms with E-state index >= 15 is 0 Å². The van der Waals surface area contributed by atoms with Crippen LogP contribution in [0.1, 0.15) is 23.2 Å². The molecule has 2 N–H and O–H groups in total. The summed E-state index contributed by atoms with van der Waals surface area (Å²) in [5.74, 6) is 0. The maximum absolute atomic E-state index is 3.51. The van der Waals surface area contributed by atoms with Crippen molar-refractivity contribution in [1.29, 1.82) is 0 Å². The molecular formula is C15H16N2. The number of benzene rings is 2. The zero-order chi connectivity index (χ0) is 11.5. The molecule has 2 nitrogen and oxygen atoms in total. The van der Waals surface area contributed by atoms with E-state index in [-0.39, 0.29) is 0 Å². The molecule has 86 valence electrons. The lowest BCUT2D eigenvalue weighted by Gasteiger charge is -2.20. The summed E-state index contributed by atoms with van der Waals surface area (Å²) in [6, 6.07) is 21.9. The third-order valence-corrected chi connectivity index (χ3v) is 3.29. The second-order valence-corrected chi connectivity index (χ2v) is 4.36. The highest BCUT2D eigenvalue weighted by Crippen LogP contribution is 2.31. The van der Waals surface area contributed by atoms with Gasteiger partial charge in [-0.05, 0) is 11.1 Å². The molecule has 0 aliphatic carbocycles. The molecular weight excluding hydrogens is 208 g/mol. The van der Waals surface area contributed by atoms with Gasteiger partial charge in [-0.1, -0.05) is 60.7 Å². The second kappa shape index (κ2) is 4.70. The van der Waals surface area contributed by atoms with Crippen LogP contribution in [0, 0.1) is 0 Å². The summed E-state index contributed by atoms with van der Waals surface area (Å²) < 4.78 is 0. The summed E-state index contributed by atoms with van der Waals surface area (Å²) in [5.41, 5.74) is 2.68. The van der Waals surface area contributed by atoms with E-state index in [1.165, 1.54) is 11.1 Å². The van der Waals surface area contributed by atoms with E-state index in [0.29, 0.717) is 12.1 Å². The predicted molar refractivity (Wildman–Crippen MR) is 69.5 cm³/mol. The predicted octanol–water partition coefficient (Wildman–Crippen LogP) is 2.62. The van der Waals surface area contributed by atoms with Crippen molar-refractivity contribution in [3.05, 3.63) is 71.8 Å². The van der Waals surface area contributed by atoms with Crippen LogP contribution in [0.15, 0.2) is 60.7 Å². The van der Waals surface area contributed by atoms with Gasteiger partial charge in [0.1, 0.15) is 0 Å². The highest BCUT2D eigenvalue weighted by molar-refractivity contribution is 5.28. The third-order valence-electron chi connectivity index (χ3n) is 3.29. The zero-order valence-corrected chi connectivity index (χ0v) is 9.64. The molecule has 3 rings (SSSR count). The molecule has 1 aliphatic heterocycles. The van der Waals surface area contributed by atoms with E-state index in [0.717, 1.165) is 6.67 Å². The van der Waals surface area contributed by atoms with Crippen LogP contribution in [0.25, 0.3) is 0 Å². The molecule has 0 radical (unpaired) electrons. The molecule has 2 atom stereocenters. The van der Waals surface area contributed by atoms with Crippen LogP contribution in [0.2, 0.25) is 0 Å². The summed E-state index contributed by atoms with van der Waals surface area (Å²) in [4.78, 5) is 0. The van der Waals surface area contributed by atoms with E-state index in [2.05, 4.69) is 71.3 Å². The molecule has 0 bridgehead atoms. The summed E-state index contributed by atoms with van der Waals surface area (Å²) in [5, 5.41) is 7.02. The van der Waals surface area contributed by atoms with Crippen LogP contribution < -0.4 is 10.6 Å². The first-order chi connectivity index (χ1) is 8.45. The Hall–Kier alpha value is -1.64. The number of nitrogens with one attached hydrogen (secondary N) is 2. The Morgan fingerprint density at radius 1 is 0.647 bits per heavy atom. The summed E-state index contributed by atoms with van der Waals surface area (Å²) >= 11 is 0. The molecule has 1 fully saturated rings. The van der Waals surface area contributed by atoms with Gasteiger partial charge in [0.05, 0.1) is 12.1 Å². The van der Waals surface area contributed by atoms with E-state index in [1.54, 1.807) is 0 Å². The Balaban J connectivity index is 1.91. The van der Waals surface area contributed by atoms with Crippen LogP contribution in [-0.2, 0) is 0 Å². The van der Waals surface area contributed by atoms with E-state index in [1.807, 2.05) is 0 Å². The van der Waals surface area contributed by atoms with Crippen molar-refractivity contribution in [2.75, 3.05) is 6.67 Å². The van der Waals surface area contributed by atoms with Gasteiger partial charge in [-0.3, -0.25) is 10.6 Å². The van der Waals surface area contributed by atoms with Gasteiger partial charge < -0.3 is 0 Å². The Morgan fingerprint density at radius 2 is 1.06 bits per heavy atom. The average molecular weight is 224 g/mol. The van der Waals surface area contributed by atoms with Crippen LogP contribution in [0.4, 0.5) is 0 Å². The molecule has 0 aromatic heterocycles. The first kappa shape index (κ1) is 10.5. The number of hydrogen-bond donors (Lipinski definition) is 2. The SMILES string of the molecule is c1ccc([C@@H]2NCN[C@H]2c2ccccc2)cc1. The number of hydrogen-bond acceptors (Lipinski definition) is 2. The normalized spacial score (nSPS) is 23.8. The van der Waals surface area contributed by atoms with Crippen LogP contribution in [-0.4, -0.2) is 6.67 Å². The lowest BCUT2D eigenvalue weighted by Crippen LogP contribution is -2.17. The molecule has 2 aromatic rings. The lowest BCUT2D eigenvalue weighted by molar-refractivity contribution is 0.554. The van der Waals surface area contributed by atoms with Crippen molar-refractivity contribution in [3.63, 3.8) is 0 Å². The molecule has 1 aliphatic rings. The maximum atomic E-state index is 3.51. The molecule has 0 unspecified atom stereocenters. The summed E-state index contributed by atoms with van der Waals surface area (Å²) in [6.07, 6.45) is 0. The number of rotatable bonds is 2. The van der Waals surface area contributed by atoms with Crippen molar-refractivity contribution in [1.82, 2.24) is 10.6 Å². The van der Waals surface area contributed by atoms with Crippen molar-refractivity contribution < 1.29 is 0 Å². The molecule has 2 aromatic carbocycles. The molecule has 1 heterocycles.